The molecule has 0 saturated heterocycles. The van der Waals surface area contributed by atoms with Crippen LogP contribution in [0.5, 0.6) is 0 Å². The Kier molecular flexibility index (Phi) is 6.13. The molecule has 1 N–H and O–H groups in total. The zero-order chi connectivity index (χ0) is 15.4. The molecule has 21 heavy (non-hydrogen) atoms. The first-order chi connectivity index (χ1) is 10.0. The first kappa shape index (κ1) is 16.8. The molecule has 0 fully saturated rings. The summed E-state index contributed by atoms with van der Waals surface area (Å²) in [5.41, 5.74) is 1.63. The van der Waals surface area contributed by atoms with Crippen molar-refractivity contribution >= 4 is 38.5 Å². The number of likely N-dealkylation sites (N-methyl/N-ethyl adjacent to an activating group) is 1. The zero-order valence-corrected chi connectivity index (χ0v) is 15.2. The third kappa shape index (κ3) is 4.47. The Balaban J connectivity index is 2.30. The summed E-state index contributed by atoms with van der Waals surface area (Å²) in [4.78, 5) is 0. The van der Waals surface area contributed by atoms with Crippen LogP contribution in [-0.2, 0) is 6.42 Å². The van der Waals surface area contributed by atoms with Gasteiger partial charge in [-0.05, 0) is 70.9 Å². The molecule has 0 heterocycles. The highest BCUT2D eigenvalue weighted by molar-refractivity contribution is 14.1. The number of rotatable bonds is 5. The van der Waals surface area contributed by atoms with E-state index in [9.17, 15) is 8.78 Å². The van der Waals surface area contributed by atoms with Gasteiger partial charge >= 0.3 is 0 Å². The molecular formula is C16H15BrF2IN. The second kappa shape index (κ2) is 7.65. The van der Waals surface area contributed by atoms with Gasteiger partial charge in [-0.3, -0.25) is 0 Å². The minimum absolute atomic E-state index is 0.0434. The molecule has 0 aromatic heterocycles. The number of hydrogen-bond donors (Lipinski definition) is 1. The predicted octanol–water partition coefficient (Wildman–Crippen LogP) is 5.23. The van der Waals surface area contributed by atoms with E-state index in [0.717, 1.165) is 20.2 Å². The highest BCUT2D eigenvalue weighted by Gasteiger charge is 2.16. The van der Waals surface area contributed by atoms with Gasteiger partial charge in [-0.1, -0.05) is 35.0 Å². The Labute approximate surface area is 145 Å². The van der Waals surface area contributed by atoms with Crippen molar-refractivity contribution in [3.05, 3.63) is 67.2 Å². The van der Waals surface area contributed by atoms with Crippen LogP contribution in [0.15, 0.2) is 40.9 Å². The summed E-state index contributed by atoms with van der Waals surface area (Å²) >= 11 is 5.38. The first-order valence-corrected chi connectivity index (χ1v) is 8.50. The van der Waals surface area contributed by atoms with E-state index in [1.165, 1.54) is 18.2 Å². The van der Waals surface area contributed by atoms with Crippen molar-refractivity contribution < 1.29 is 8.78 Å². The van der Waals surface area contributed by atoms with Crippen LogP contribution >= 0.6 is 38.5 Å². The van der Waals surface area contributed by atoms with Gasteiger partial charge in [-0.25, -0.2) is 8.78 Å². The Hall–Kier alpha value is -0.530. The predicted molar refractivity (Wildman–Crippen MR) is 93.3 cm³/mol. The van der Waals surface area contributed by atoms with Crippen LogP contribution in [0.3, 0.4) is 0 Å². The first-order valence-electron chi connectivity index (χ1n) is 6.63. The SMILES string of the molecule is CCNC(Cc1ccc(Br)cc1F)c1ccc(F)cc1I. The van der Waals surface area contributed by atoms with Crippen molar-refractivity contribution in [3.63, 3.8) is 0 Å². The maximum absolute atomic E-state index is 14.0. The average Bonchev–Trinajstić information content (AvgIpc) is 2.41. The van der Waals surface area contributed by atoms with Crippen LogP contribution < -0.4 is 5.32 Å². The number of nitrogens with one attached hydrogen (secondary N) is 1. The fourth-order valence-corrected chi connectivity index (χ4v) is 3.42. The maximum Gasteiger partial charge on any atom is 0.127 e. The lowest BCUT2D eigenvalue weighted by Crippen LogP contribution is -2.24. The van der Waals surface area contributed by atoms with Crippen molar-refractivity contribution in [1.82, 2.24) is 5.32 Å². The molecule has 1 atom stereocenters. The number of hydrogen-bond acceptors (Lipinski definition) is 1. The summed E-state index contributed by atoms with van der Waals surface area (Å²) in [6.07, 6.45) is 0.522. The highest BCUT2D eigenvalue weighted by Crippen LogP contribution is 2.26. The molecule has 1 nitrogen and oxygen atoms in total. The monoisotopic (exact) mass is 465 g/mol. The molecule has 2 aromatic carbocycles. The van der Waals surface area contributed by atoms with E-state index >= 15 is 0 Å². The summed E-state index contributed by atoms with van der Waals surface area (Å²) in [6.45, 7) is 2.76. The van der Waals surface area contributed by atoms with Crippen LogP contribution in [0.25, 0.3) is 0 Å². The zero-order valence-electron chi connectivity index (χ0n) is 11.5. The summed E-state index contributed by atoms with van der Waals surface area (Å²) in [5, 5.41) is 3.34. The molecule has 0 aliphatic carbocycles. The van der Waals surface area contributed by atoms with Gasteiger partial charge in [-0.15, -0.1) is 0 Å². The normalized spacial score (nSPS) is 12.4. The Morgan fingerprint density at radius 1 is 1.19 bits per heavy atom. The van der Waals surface area contributed by atoms with E-state index < -0.39 is 0 Å². The molecule has 0 spiro atoms. The van der Waals surface area contributed by atoms with E-state index in [0.29, 0.717) is 12.0 Å². The van der Waals surface area contributed by atoms with Crippen LogP contribution in [0.4, 0.5) is 8.78 Å². The summed E-state index contributed by atoms with van der Waals surface area (Å²) in [7, 11) is 0. The standard InChI is InChI=1S/C16H15BrF2IN/c1-2-21-16(13-6-5-12(18)9-15(13)20)7-10-3-4-11(17)8-14(10)19/h3-6,8-9,16,21H,2,7H2,1H3. The van der Waals surface area contributed by atoms with Crippen molar-refractivity contribution in [1.29, 1.82) is 0 Å². The van der Waals surface area contributed by atoms with Gasteiger partial charge in [-0.2, -0.15) is 0 Å². The van der Waals surface area contributed by atoms with Crippen LogP contribution in [0, 0.1) is 15.2 Å². The molecule has 0 amide bonds. The molecule has 112 valence electrons. The summed E-state index contributed by atoms with van der Waals surface area (Å²) in [6, 6.07) is 9.74. The second-order valence-corrected chi connectivity index (χ2v) is 6.79. The van der Waals surface area contributed by atoms with E-state index in [4.69, 9.17) is 0 Å². The van der Waals surface area contributed by atoms with E-state index in [2.05, 4.69) is 43.8 Å². The topological polar surface area (TPSA) is 12.0 Å². The number of benzene rings is 2. The van der Waals surface area contributed by atoms with Gasteiger partial charge in [0.15, 0.2) is 0 Å². The molecule has 5 heteroatoms. The van der Waals surface area contributed by atoms with Crippen LogP contribution in [0.2, 0.25) is 0 Å². The Morgan fingerprint density at radius 3 is 2.57 bits per heavy atom. The number of halogens is 4. The largest absolute Gasteiger partial charge is 0.310 e. The van der Waals surface area contributed by atoms with Gasteiger partial charge in [0.1, 0.15) is 11.6 Å². The van der Waals surface area contributed by atoms with Gasteiger partial charge in [0.25, 0.3) is 0 Å². The molecular weight excluding hydrogens is 451 g/mol. The minimum Gasteiger partial charge on any atom is -0.310 e. The quantitative estimate of drug-likeness (QED) is 0.596. The second-order valence-electron chi connectivity index (χ2n) is 4.72. The molecule has 0 aliphatic rings. The lowest BCUT2D eigenvalue weighted by molar-refractivity contribution is 0.524. The average molecular weight is 466 g/mol. The van der Waals surface area contributed by atoms with Crippen LogP contribution in [0.1, 0.15) is 24.1 Å². The molecule has 0 saturated carbocycles. The van der Waals surface area contributed by atoms with Crippen molar-refractivity contribution in [2.24, 2.45) is 0 Å². The highest BCUT2D eigenvalue weighted by atomic mass is 127. The molecule has 2 rings (SSSR count). The third-order valence-corrected chi connectivity index (χ3v) is 4.66. The molecule has 0 bridgehead atoms. The molecule has 1 unspecified atom stereocenters. The van der Waals surface area contributed by atoms with Gasteiger partial charge in [0.2, 0.25) is 0 Å². The van der Waals surface area contributed by atoms with Crippen LogP contribution in [-0.4, -0.2) is 6.54 Å². The Morgan fingerprint density at radius 2 is 1.95 bits per heavy atom. The van der Waals surface area contributed by atoms with Crippen molar-refractivity contribution in [2.75, 3.05) is 6.54 Å². The lowest BCUT2D eigenvalue weighted by Gasteiger charge is -2.20. The summed E-state index contributed by atoms with van der Waals surface area (Å²) in [5.74, 6) is -0.488. The summed E-state index contributed by atoms with van der Waals surface area (Å²) < 4.78 is 28.8. The fourth-order valence-electron chi connectivity index (χ4n) is 2.23. The van der Waals surface area contributed by atoms with Gasteiger partial charge < -0.3 is 5.32 Å². The van der Waals surface area contributed by atoms with E-state index in [-0.39, 0.29) is 17.7 Å². The molecule has 0 aliphatic heterocycles. The van der Waals surface area contributed by atoms with E-state index in [1.54, 1.807) is 12.1 Å². The lowest BCUT2D eigenvalue weighted by atomic mass is 9.98. The van der Waals surface area contributed by atoms with Crippen molar-refractivity contribution in [2.45, 2.75) is 19.4 Å². The van der Waals surface area contributed by atoms with E-state index in [1.807, 2.05) is 13.0 Å². The Bertz CT molecular complexity index is 634. The van der Waals surface area contributed by atoms with Crippen molar-refractivity contribution in [3.8, 4) is 0 Å². The fraction of sp³-hybridized carbons (Fsp3) is 0.250. The molecule has 2 aromatic rings. The van der Waals surface area contributed by atoms with Gasteiger partial charge in [0.05, 0.1) is 0 Å². The smallest absolute Gasteiger partial charge is 0.127 e. The minimum atomic E-state index is -0.256. The third-order valence-electron chi connectivity index (χ3n) is 3.23. The maximum atomic E-state index is 14.0. The van der Waals surface area contributed by atoms with Gasteiger partial charge in [0, 0.05) is 14.1 Å². The molecule has 0 radical (unpaired) electrons.